The number of cyclic esters (lactones) is 1. The van der Waals surface area contributed by atoms with Gasteiger partial charge in [0, 0.05) is 5.56 Å². The minimum atomic E-state index is -1.49. The second-order valence-corrected chi connectivity index (χ2v) is 2.88. The Kier molecular flexibility index (Phi) is 2.17. The first-order chi connectivity index (χ1) is 7.18. The number of amides is 1. The van der Waals surface area contributed by atoms with Crippen molar-refractivity contribution < 1.29 is 14.5 Å². The average molecular weight is 206 g/mol. The molecule has 0 saturated carbocycles. The molecule has 0 saturated heterocycles. The molecule has 0 aliphatic carbocycles. The second kappa shape index (κ2) is 3.49. The number of carbonyl (C=O) groups is 1. The van der Waals surface area contributed by atoms with Gasteiger partial charge in [-0.3, -0.25) is 10.1 Å². The summed E-state index contributed by atoms with van der Waals surface area (Å²) >= 11 is 0. The highest BCUT2D eigenvalue weighted by atomic mass is 16.7. The highest BCUT2D eigenvalue weighted by molar-refractivity contribution is 6.10. The molecule has 1 aliphatic heterocycles. The number of ether oxygens (including phenoxy) is 1. The van der Waals surface area contributed by atoms with Crippen LogP contribution < -0.4 is 0 Å². The summed E-state index contributed by atoms with van der Waals surface area (Å²) in [5.74, 6) is 0. The van der Waals surface area contributed by atoms with Crippen molar-refractivity contribution in [3.63, 3.8) is 0 Å². The van der Waals surface area contributed by atoms with Gasteiger partial charge in [-0.2, -0.15) is 4.99 Å². The van der Waals surface area contributed by atoms with Crippen molar-refractivity contribution in [1.29, 1.82) is 0 Å². The van der Waals surface area contributed by atoms with Crippen LogP contribution in [0, 0.1) is 10.1 Å². The lowest BCUT2D eigenvalue weighted by molar-refractivity contribution is -0.542. The van der Waals surface area contributed by atoms with Gasteiger partial charge < -0.3 is 4.74 Å². The molecule has 1 aliphatic rings. The van der Waals surface area contributed by atoms with E-state index >= 15 is 0 Å². The third-order valence-electron chi connectivity index (χ3n) is 1.92. The first-order valence-corrected chi connectivity index (χ1v) is 4.16. The number of hydrogen-bond acceptors (Lipinski definition) is 4. The molecule has 1 aromatic carbocycles. The van der Waals surface area contributed by atoms with Gasteiger partial charge in [-0.25, -0.2) is 4.79 Å². The molecule has 1 amide bonds. The van der Waals surface area contributed by atoms with Crippen molar-refractivity contribution in [1.82, 2.24) is 0 Å². The molecule has 1 unspecified atom stereocenters. The van der Waals surface area contributed by atoms with Gasteiger partial charge in [0.2, 0.25) is 0 Å². The van der Waals surface area contributed by atoms with E-state index in [2.05, 4.69) is 9.73 Å². The van der Waals surface area contributed by atoms with Crippen LogP contribution in [0.15, 0.2) is 35.3 Å². The molecule has 1 aromatic rings. The van der Waals surface area contributed by atoms with E-state index < -0.39 is 17.2 Å². The predicted molar refractivity (Wildman–Crippen MR) is 50.2 cm³/mol. The Morgan fingerprint density at radius 2 is 2.00 bits per heavy atom. The molecule has 0 spiro atoms. The molecule has 76 valence electrons. The Morgan fingerprint density at radius 3 is 2.60 bits per heavy atom. The lowest BCUT2D eigenvalue weighted by Crippen LogP contribution is -2.28. The van der Waals surface area contributed by atoms with E-state index in [1.54, 1.807) is 30.3 Å². The zero-order chi connectivity index (χ0) is 10.8. The molecule has 0 radical (unpaired) electrons. The van der Waals surface area contributed by atoms with E-state index in [4.69, 9.17) is 0 Å². The van der Waals surface area contributed by atoms with Crippen LogP contribution in [0.2, 0.25) is 0 Å². The molecule has 2 rings (SSSR count). The van der Waals surface area contributed by atoms with Crippen molar-refractivity contribution in [3.8, 4) is 0 Å². The van der Waals surface area contributed by atoms with E-state index in [0.29, 0.717) is 5.56 Å². The Balaban J connectivity index is 2.39. The van der Waals surface area contributed by atoms with Gasteiger partial charge in [-0.05, 0) is 0 Å². The monoisotopic (exact) mass is 206 g/mol. The number of carbonyl (C=O) groups excluding carboxylic acids is 1. The van der Waals surface area contributed by atoms with Crippen LogP contribution in [0.1, 0.15) is 5.56 Å². The summed E-state index contributed by atoms with van der Waals surface area (Å²) in [6.45, 7) is 0. The van der Waals surface area contributed by atoms with Crippen LogP contribution in [0.4, 0.5) is 4.79 Å². The normalized spacial score (nSPS) is 19.6. The molecule has 15 heavy (non-hydrogen) atoms. The maximum absolute atomic E-state index is 10.8. The number of nitro groups is 1. The van der Waals surface area contributed by atoms with Crippen molar-refractivity contribution in [2.24, 2.45) is 4.99 Å². The van der Waals surface area contributed by atoms with E-state index in [-0.39, 0.29) is 5.71 Å². The zero-order valence-corrected chi connectivity index (χ0v) is 7.49. The Morgan fingerprint density at radius 1 is 1.33 bits per heavy atom. The first kappa shape index (κ1) is 9.32. The summed E-state index contributed by atoms with van der Waals surface area (Å²) in [4.78, 5) is 24.2. The lowest BCUT2D eigenvalue weighted by Gasteiger charge is -2.03. The summed E-state index contributed by atoms with van der Waals surface area (Å²) in [7, 11) is 0. The average Bonchev–Trinajstić information content (AvgIpc) is 2.62. The van der Waals surface area contributed by atoms with Crippen LogP contribution in [-0.4, -0.2) is 23.0 Å². The summed E-state index contributed by atoms with van der Waals surface area (Å²) in [5, 5.41) is 10.6. The lowest BCUT2D eigenvalue weighted by atomic mass is 10.1. The van der Waals surface area contributed by atoms with E-state index in [0.717, 1.165) is 0 Å². The highest BCUT2D eigenvalue weighted by Crippen LogP contribution is 2.15. The summed E-state index contributed by atoms with van der Waals surface area (Å²) in [6, 6.07) is 8.45. The topological polar surface area (TPSA) is 81.8 Å². The molecule has 1 atom stereocenters. The predicted octanol–water partition coefficient (Wildman–Crippen LogP) is 1.23. The SMILES string of the molecule is O=C1N=C(c2ccccc2)C([N+](=O)[O-])O1. The Labute approximate surface area is 84.3 Å². The largest absolute Gasteiger partial charge is 0.439 e. The third kappa shape index (κ3) is 1.69. The molecule has 0 fully saturated rings. The van der Waals surface area contributed by atoms with Crippen LogP contribution in [0.5, 0.6) is 0 Å². The Bertz CT molecular complexity index is 441. The van der Waals surface area contributed by atoms with E-state index in [1.165, 1.54) is 0 Å². The third-order valence-corrected chi connectivity index (χ3v) is 1.92. The number of hydrogen-bond donors (Lipinski definition) is 0. The zero-order valence-electron chi connectivity index (χ0n) is 7.49. The van der Waals surface area contributed by atoms with Crippen molar-refractivity contribution in [2.45, 2.75) is 6.23 Å². The maximum Gasteiger partial charge on any atom is 0.439 e. The molecular weight excluding hydrogens is 200 g/mol. The Hall–Kier alpha value is -2.24. The number of rotatable bonds is 2. The van der Waals surface area contributed by atoms with Gasteiger partial charge in [0.1, 0.15) is 0 Å². The molecule has 6 nitrogen and oxygen atoms in total. The number of benzene rings is 1. The fourth-order valence-electron chi connectivity index (χ4n) is 1.29. The van der Waals surface area contributed by atoms with Gasteiger partial charge in [-0.15, -0.1) is 0 Å². The summed E-state index contributed by atoms with van der Waals surface area (Å²) < 4.78 is 4.45. The molecule has 0 bridgehead atoms. The van der Waals surface area contributed by atoms with Crippen molar-refractivity contribution >= 4 is 11.8 Å². The van der Waals surface area contributed by atoms with Crippen molar-refractivity contribution in [2.75, 3.05) is 0 Å². The fraction of sp³-hybridized carbons (Fsp3) is 0.111. The molecular formula is C9H6N2O4. The molecule has 6 heteroatoms. The molecule has 0 N–H and O–H groups in total. The van der Waals surface area contributed by atoms with Gasteiger partial charge in [0.05, 0.1) is 4.92 Å². The van der Waals surface area contributed by atoms with Crippen molar-refractivity contribution in [3.05, 3.63) is 46.0 Å². The second-order valence-electron chi connectivity index (χ2n) is 2.88. The van der Waals surface area contributed by atoms with Gasteiger partial charge in [0.25, 0.3) is 0 Å². The van der Waals surface area contributed by atoms with Crippen LogP contribution in [-0.2, 0) is 4.74 Å². The maximum atomic E-state index is 10.8. The van der Waals surface area contributed by atoms with Crippen LogP contribution in [0.25, 0.3) is 0 Å². The number of aliphatic imine (C=N–C) groups is 1. The highest BCUT2D eigenvalue weighted by Gasteiger charge is 2.38. The minimum absolute atomic E-state index is 0.0469. The minimum Gasteiger partial charge on any atom is -0.374 e. The quantitative estimate of drug-likeness (QED) is 0.538. The van der Waals surface area contributed by atoms with E-state index in [9.17, 15) is 14.9 Å². The summed E-state index contributed by atoms with van der Waals surface area (Å²) in [5.41, 5.74) is 0.565. The standard InChI is InChI=1S/C9H6N2O4/c12-9-10-7(8(15-9)11(13)14)6-4-2-1-3-5-6/h1-5,8H. The van der Waals surface area contributed by atoms with E-state index in [1.807, 2.05) is 0 Å². The van der Waals surface area contributed by atoms with Gasteiger partial charge >= 0.3 is 12.3 Å². The smallest absolute Gasteiger partial charge is 0.374 e. The summed E-state index contributed by atoms with van der Waals surface area (Å²) in [6.07, 6.45) is -2.41. The fourth-order valence-corrected chi connectivity index (χ4v) is 1.29. The molecule has 1 heterocycles. The van der Waals surface area contributed by atoms with Gasteiger partial charge in [0.15, 0.2) is 5.71 Å². The molecule has 0 aromatic heterocycles. The number of nitrogens with zero attached hydrogens (tertiary/aromatic N) is 2. The van der Waals surface area contributed by atoms with Gasteiger partial charge in [-0.1, -0.05) is 30.3 Å². The first-order valence-electron chi connectivity index (χ1n) is 4.16. The van der Waals surface area contributed by atoms with Crippen LogP contribution >= 0.6 is 0 Å². The van der Waals surface area contributed by atoms with Crippen LogP contribution in [0.3, 0.4) is 0 Å².